The summed E-state index contributed by atoms with van der Waals surface area (Å²) < 4.78 is 13.4. The number of hydrogen-bond acceptors (Lipinski definition) is 1. The van der Waals surface area contributed by atoms with E-state index >= 15 is 0 Å². The fourth-order valence-electron chi connectivity index (χ4n) is 1.92. The fraction of sp³-hybridized carbons (Fsp3) is 0.385. The monoisotopic (exact) mass is 220 g/mol. The van der Waals surface area contributed by atoms with Crippen molar-refractivity contribution in [2.24, 2.45) is 5.73 Å². The third-order valence-corrected chi connectivity index (χ3v) is 3.20. The van der Waals surface area contributed by atoms with Gasteiger partial charge in [0.25, 0.3) is 0 Å². The lowest BCUT2D eigenvalue weighted by molar-refractivity contribution is 0.543. The minimum Gasteiger partial charge on any atom is -0.361 e. The molecule has 0 saturated carbocycles. The SMILES string of the molecule is Cc1cc2c(C(C)(C)CN)c[nH]c2cc1F. The van der Waals surface area contributed by atoms with Crippen molar-refractivity contribution in [3.63, 3.8) is 0 Å². The Labute approximate surface area is 94.7 Å². The van der Waals surface area contributed by atoms with Gasteiger partial charge in [-0.3, -0.25) is 0 Å². The molecule has 0 radical (unpaired) electrons. The predicted molar refractivity (Wildman–Crippen MR) is 65.1 cm³/mol. The zero-order valence-electron chi connectivity index (χ0n) is 9.89. The van der Waals surface area contributed by atoms with Crippen LogP contribution in [0.25, 0.3) is 10.9 Å². The molecule has 0 amide bonds. The molecule has 0 bridgehead atoms. The third-order valence-electron chi connectivity index (χ3n) is 3.20. The average Bonchev–Trinajstić information content (AvgIpc) is 2.62. The molecule has 0 aliphatic carbocycles. The van der Waals surface area contributed by atoms with Crippen molar-refractivity contribution in [2.75, 3.05) is 6.54 Å². The summed E-state index contributed by atoms with van der Waals surface area (Å²) in [6, 6.07) is 3.43. The molecule has 3 heteroatoms. The van der Waals surface area contributed by atoms with Crippen LogP contribution in [0.1, 0.15) is 25.0 Å². The first-order valence-electron chi connectivity index (χ1n) is 5.43. The lowest BCUT2D eigenvalue weighted by Crippen LogP contribution is -2.27. The molecule has 0 spiro atoms. The van der Waals surface area contributed by atoms with E-state index in [0.29, 0.717) is 12.1 Å². The summed E-state index contributed by atoms with van der Waals surface area (Å²) in [5, 5.41) is 1.06. The Morgan fingerprint density at radius 3 is 2.69 bits per heavy atom. The van der Waals surface area contributed by atoms with E-state index in [4.69, 9.17) is 5.73 Å². The molecule has 0 atom stereocenters. The average molecular weight is 220 g/mol. The Morgan fingerprint density at radius 2 is 2.06 bits per heavy atom. The molecule has 0 aliphatic rings. The summed E-state index contributed by atoms with van der Waals surface area (Å²) in [4.78, 5) is 3.10. The number of nitrogens with one attached hydrogen (secondary N) is 1. The van der Waals surface area contributed by atoms with Crippen LogP contribution in [0, 0.1) is 12.7 Å². The number of aromatic amines is 1. The summed E-state index contributed by atoms with van der Waals surface area (Å²) in [7, 11) is 0. The molecule has 3 N–H and O–H groups in total. The number of hydrogen-bond donors (Lipinski definition) is 2. The smallest absolute Gasteiger partial charge is 0.128 e. The maximum atomic E-state index is 13.4. The summed E-state index contributed by atoms with van der Waals surface area (Å²) in [5.41, 5.74) is 8.32. The van der Waals surface area contributed by atoms with Gasteiger partial charge in [0.2, 0.25) is 0 Å². The van der Waals surface area contributed by atoms with Crippen molar-refractivity contribution < 1.29 is 4.39 Å². The Morgan fingerprint density at radius 1 is 1.38 bits per heavy atom. The lowest BCUT2D eigenvalue weighted by Gasteiger charge is -2.21. The second kappa shape index (κ2) is 3.59. The lowest BCUT2D eigenvalue weighted by atomic mass is 9.84. The molecule has 2 rings (SSSR count). The van der Waals surface area contributed by atoms with Gasteiger partial charge >= 0.3 is 0 Å². The fourth-order valence-corrected chi connectivity index (χ4v) is 1.92. The van der Waals surface area contributed by atoms with Gasteiger partial charge in [-0.05, 0) is 30.2 Å². The van der Waals surface area contributed by atoms with E-state index in [1.807, 2.05) is 12.3 Å². The van der Waals surface area contributed by atoms with Crippen molar-refractivity contribution in [2.45, 2.75) is 26.2 Å². The van der Waals surface area contributed by atoms with E-state index < -0.39 is 0 Å². The van der Waals surface area contributed by atoms with E-state index in [2.05, 4.69) is 18.8 Å². The summed E-state index contributed by atoms with van der Waals surface area (Å²) in [6.45, 7) is 6.53. The molecular formula is C13H17FN2. The highest BCUT2D eigenvalue weighted by atomic mass is 19.1. The third kappa shape index (κ3) is 1.61. The van der Waals surface area contributed by atoms with Crippen molar-refractivity contribution >= 4 is 10.9 Å². The van der Waals surface area contributed by atoms with Crippen LogP contribution in [-0.2, 0) is 5.41 Å². The quantitative estimate of drug-likeness (QED) is 0.802. The van der Waals surface area contributed by atoms with Crippen molar-refractivity contribution in [3.8, 4) is 0 Å². The number of fused-ring (bicyclic) bond motifs is 1. The van der Waals surface area contributed by atoms with Crippen LogP contribution in [-0.4, -0.2) is 11.5 Å². The van der Waals surface area contributed by atoms with Crippen LogP contribution >= 0.6 is 0 Å². The highest BCUT2D eigenvalue weighted by Gasteiger charge is 2.22. The number of nitrogens with two attached hydrogens (primary N) is 1. The summed E-state index contributed by atoms with van der Waals surface area (Å²) in [6.07, 6.45) is 1.93. The van der Waals surface area contributed by atoms with Gasteiger partial charge in [-0.15, -0.1) is 0 Å². The van der Waals surface area contributed by atoms with Gasteiger partial charge in [-0.2, -0.15) is 0 Å². The van der Waals surface area contributed by atoms with Gasteiger partial charge in [0, 0.05) is 29.1 Å². The van der Waals surface area contributed by atoms with Crippen LogP contribution in [0.4, 0.5) is 4.39 Å². The number of benzene rings is 1. The maximum absolute atomic E-state index is 13.4. The van der Waals surface area contributed by atoms with E-state index in [1.165, 1.54) is 0 Å². The predicted octanol–water partition coefficient (Wildman–Crippen LogP) is 2.85. The van der Waals surface area contributed by atoms with Crippen LogP contribution in [0.15, 0.2) is 18.3 Å². The molecule has 0 aliphatic heterocycles. The Balaban J connectivity index is 2.70. The molecule has 16 heavy (non-hydrogen) atoms. The van der Waals surface area contributed by atoms with Gasteiger partial charge in [0.15, 0.2) is 0 Å². The van der Waals surface area contributed by atoms with Gasteiger partial charge in [-0.25, -0.2) is 4.39 Å². The summed E-state index contributed by atoms with van der Waals surface area (Å²) >= 11 is 0. The molecule has 1 heterocycles. The minimum atomic E-state index is -0.175. The zero-order valence-corrected chi connectivity index (χ0v) is 9.89. The van der Waals surface area contributed by atoms with Crippen molar-refractivity contribution in [1.29, 1.82) is 0 Å². The Hall–Kier alpha value is -1.35. The molecular weight excluding hydrogens is 203 g/mol. The van der Waals surface area contributed by atoms with Gasteiger partial charge in [0.05, 0.1) is 0 Å². The second-order valence-electron chi connectivity index (χ2n) is 4.94. The molecule has 2 nitrogen and oxygen atoms in total. The van der Waals surface area contributed by atoms with Gasteiger partial charge in [-0.1, -0.05) is 13.8 Å². The van der Waals surface area contributed by atoms with Crippen LogP contribution in [0.2, 0.25) is 0 Å². The molecule has 1 aromatic carbocycles. The number of H-pyrrole nitrogens is 1. The highest BCUT2D eigenvalue weighted by molar-refractivity contribution is 5.85. The van der Waals surface area contributed by atoms with Crippen molar-refractivity contribution in [1.82, 2.24) is 4.98 Å². The van der Waals surface area contributed by atoms with E-state index in [0.717, 1.165) is 16.5 Å². The summed E-state index contributed by atoms with van der Waals surface area (Å²) in [5.74, 6) is -0.175. The first kappa shape index (κ1) is 11.1. The highest BCUT2D eigenvalue weighted by Crippen LogP contribution is 2.30. The van der Waals surface area contributed by atoms with E-state index in [9.17, 15) is 4.39 Å². The van der Waals surface area contributed by atoms with Gasteiger partial charge < -0.3 is 10.7 Å². The van der Waals surface area contributed by atoms with Crippen LogP contribution in [0.3, 0.4) is 0 Å². The maximum Gasteiger partial charge on any atom is 0.128 e. The minimum absolute atomic E-state index is 0.0947. The normalized spacial score (nSPS) is 12.3. The Kier molecular flexibility index (Phi) is 2.50. The molecule has 1 aromatic heterocycles. The molecule has 0 saturated heterocycles. The number of aryl methyl sites for hydroxylation is 1. The number of aromatic nitrogens is 1. The zero-order chi connectivity index (χ0) is 11.9. The Bertz CT molecular complexity index is 526. The van der Waals surface area contributed by atoms with Crippen molar-refractivity contribution in [3.05, 3.63) is 35.3 Å². The number of rotatable bonds is 2. The first-order valence-corrected chi connectivity index (χ1v) is 5.43. The topological polar surface area (TPSA) is 41.8 Å². The molecule has 0 fully saturated rings. The van der Waals surface area contributed by atoms with Crippen LogP contribution < -0.4 is 5.73 Å². The van der Waals surface area contributed by atoms with E-state index in [-0.39, 0.29) is 11.2 Å². The molecule has 0 unspecified atom stereocenters. The molecule has 2 aromatic rings. The largest absolute Gasteiger partial charge is 0.361 e. The van der Waals surface area contributed by atoms with Gasteiger partial charge in [0.1, 0.15) is 5.82 Å². The number of halogens is 1. The first-order chi connectivity index (χ1) is 7.45. The molecule has 86 valence electrons. The standard InChI is InChI=1S/C13H17FN2/c1-8-4-9-10(13(2,3)7-15)6-16-12(9)5-11(8)14/h4-6,16H,7,15H2,1-3H3. The van der Waals surface area contributed by atoms with E-state index in [1.54, 1.807) is 13.0 Å². The second-order valence-corrected chi connectivity index (χ2v) is 4.94. The van der Waals surface area contributed by atoms with Crippen LogP contribution in [0.5, 0.6) is 0 Å².